The molecule has 0 aliphatic rings. The summed E-state index contributed by atoms with van der Waals surface area (Å²) >= 11 is 0. The van der Waals surface area contributed by atoms with Gasteiger partial charge in [0.25, 0.3) is 0 Å². The summed E-state index contributed by atoms with van der Waals surface area (Å²) in [6, 6.07) is 4.64. The first-order valence-corrected chi connectivity index (χ1v) is 12.4. The summed E-state index contributed by atoms with van der Waals surface area (Å²) in [6.07, 6.45) is 12.4. The van der Waals surface area contributed by atoms with Crippen LogP contribution < -0.4 is 0 Å². The summed E-state index contributed by atoms with van der Waals surface area (Å²) in [4.78, 5) is 22.4. The zero-order chi connectivity index (χ0) is 24.4. The van der Waals surface area contributed by atoms with Crippen molar-refractivity contribution in [3.63, 3.8) is 0 Å². The van der Waals surface area contributed by atoms with E-state index in [0.29, 0.717) is 0 Å². The predicted octanol–water partition coefficient (Wildman–Crippen LogP) is 7.51. The van der Waals surface area contributed by atoms with Crippen LogP contribution in [0.25, 0.3) is 0 Å². The number of aryl methyl sites for hydroxylation is 3. The Hall–Kier alpha value is -1.84. The summed E-state index contributed by atoms with van der Waals surface area (Å²) in [5.41, 5.74) is 4.42. The van der Waals surface area contributed by atoms with Crippen molar-refractivity contribution >= 4 is 11.9 Å². The lowest BCUT2D eigenvalue weighted by molar-refractivity contribution is -0.148. The Morgan fingerprint density at radius 1 is 0.656 bits per heavy atom. The molecular weight excluding hydrogens is 400 g/mol. The third-order valence-corrected chi connectivity index (χ3v) is 6.92. The predicted molar refractivity (Wildman–Crippen MR) is 132 cm³/mol. The fourth-order valence-corrected chi connectivity index (χ4v) is 4.22. The minimum absolute atomic E-state index is 0.617. The third-order valence-electron chi connectivity index (χ3n) is 6.92. The Kier molecular flexibility index (Phi) is 11.5. The van der Waals surface area contributed by atoms with E-state index in [9.17, 15) is 19.8 Å². The molecule has 0 unspecified atom stereocenters. The molecule has 0 atom stereocenters. The standard InChI is InChI=1S/C28H46O4/c1-21-19-23(15-11-7-9-13-17-27(3,4)25(29)30)22(2)24(20-21)16-12-8-10-14-18-28(5,6)26(31)32/h19-20H,7-18H2,1-6H3,(H,29,30)(H,31,32). The first-order chi connectivity index (χ1) is 14.9. The average molecular weight is 447 g/mol. The van der Waals surface area contributed by atoms with Gasteiger partial charge in [-0.1, -0.05) is 56.2 Å². The van der Waals surface area contributed by atoms with E-state index in [4.69, 9.17) is 0 Å². The second kappa shape index (κ2) is 13.0. The van der Waals surface area contributed by atoms with Gasteiger partial charge in [0.05, 0.1) is 10.8 Å². The average Bonchev–Trinajstić information content (AvgIpc) is 2.69. The Bertz CT molecular complexity index is 687. The normalized spacial score (nSPS) is 12.2. The summed E-state index contributed by atoms with van der Waals surface area (Å²) < 4.78 is 0. The largest absolute Gasteiger partial charge is 0.481 e. The summed E-state index contributed by atoms with van der Waals surface area (Å²) in [7, 11) is 0. The highest BCUT2D eigenvalue weighted by molar-refractivity contribution is 5.73. The Morgan fingerprint density at radius 3 is 1.34 bits per heavy atom. The number of benzene rings is 1. The van der Waals surface area contributed by atoms with Crippen LogP contribution >= 0.6 is 0 Å². The SMILES string of the molecule is Cc1cc(CCCCCCC(C)(C)C(=O)O)c(C)c(CCCCCCC(C)(C)C(=O)O)c1. The molecule has 0 saturated carbocycles. The van der Waals surface area contributed by atoms with Crippen molar-refractivity contribution in [2.45, 2.75) is 119 Å². The van der Waals surface area contributed by atoms with Crippen molar-refractivity contribution in [1.29, 1.82) is 0 Å². The van der Waals surface area contributed by atoms with E-state index >= 15 is 0 Å². The topological polar surface area (TPSA) is 74.6 Å². The molecule has 4 nitrogen and oxygen atoms in total. The molecule has 1 aromatic carbocycles. The molecule has 0 aliphatic carbocycles. The fourth-order valence-electron chi connectivity index (χ4n) is 4.22. The van der Waals surface area contributed by atoms with Gasteiger partial charge in [-0.2, -0.15) is 0 Å². The van der Waals surface area contributed by atoms with E-state index in [1.807, 2.05) is 27.7 Å². The van der Waals surface area contributed by atoms with Crippen LogP contribution in [0, 0.1) is 24.7 Å². The van der Waals surface area contributed by atoms with Gasteiger partial charge in [0.1, 0.15) is 0 Å². The van der Waals surface area contributed by atoms with Gasteiger partial charge in [0.2, 0.25) is 0 Å². The minimum Gasteiger partial charge on any atom is -0.481 e. The van der Waals surface area contributed by atoms with Crippen LogP contribution in [0.3, 0.4) is 0 Å². The molecule has 0 radical (unpaired) electrons. The van der Waals surface area contributed by atoms with Crippen LogP contribution in [0.1, 0.15) is 114 Å². The smallest absolute Gasteiger partial charge is 0.309 e. The van der Waals surface area contributed by atoms with Gasteiger partial charge in [0, 0.05) is 0 Å². The summed E-state index contributed by atoms with van der Waals surface area (Å²) in [6.45, 7) is 11.7. The molecule has 0 heterocycles. The molecule has 1 rings (SSSR count). The fraction of sp³-hybridized carbons (Fsp3) is 0.714. The van der Waals surface area contributed by atoms with E-state index in [1.54, 1.807) is 0 Å². The number of carboxylic acids is 2. The summed E-state index contributed by atoms with van der Waals surface area (Å²) in [5.74, 6) is -1.41. The monoisotopic (exact) mass is 446 g/mol. The van der Waals surface area contributed by atoms with Crippen molar-refractivity contribution in [1.82, 2.24) is 0 Å². The first-order valence-electron chi connectivity index (χ1n) is 12.4. The molecule has 0 fully saturated rings. The van der Waals surface area contributed by atoms with Gasteiger partial charge >= 0.3 is 11.9 Å². The van der Waals surface area contributed by atoms with Crippen LogP contribution in [0.5, 0.6) is 0 Å². The van der Waals surface area contributed by atoms with Crippen molar-refractivity contribution in [3.05, 3.63) is 34.4 Å². The molecule has 0 amide bonds. The molecule has 1 aromatic rings. The van der Waals surface area contributed by atoms with Gasteiger partial charge in [-0.25, -0.2) is 0 Å². The molecule has 0 aromatic heterocycles. The van der Waals surface area contributed by atoms with Crippen LogP contribution in [-0.2, 0) is 22.4 Å². The highest BCUT2D eigenvalue weighted by Gasteiger charge is 2.26. The van der Waals surface area contributed by atoms with Crippen molar-refractivity contribution in [2.75, 3.05) is 0 Å². The van der Waals surface area contributed by atoms with E-state index in [0.717, 1.165) is 77.0 Å². The lowest BCUT2D eigenvalue weighted by Gasteiger charge is -2.18. The van der Waals surface area contributed by atoms with Gasteiger partial charge in [0.15, 0.2) is 0 Å². The summed E-state index contributed by atoms with van der Waals surface area (Å²) in [5, 5.41) is 18.4. The zero-order valence-electron chi connectivity index (χ0n) is 21.4. The second-order valence-corrected chi connectivity index (χ2v) is 10.9. The van der Waals surface area contributed by atoms with Gasteiger partial charge in [-0.15, -0.1) is 0 Å². The molecule has 0 spiro atoms. The lowest BCUT2D eigenvalue weighted by atomic mass is 9.86. The Labute approximate surface area is 195 Å². The number of rotatable bonds is 16. The van der Waals surface area contributed by atoms with Crippen molar-refractivity contribution in [3.8, 4) is 0 Å². The highest BCUT2D eigenvalue weighted by atomic mass is 16.4. The molecule has 182 valence electrons. The van der Waals surface area contributed by atoms with Crippen LogP contribution in [0.4, 0.5) is 0 Å². The zero-order valence-corrected chi connectivity index (χ0v) is 21.4. The van der Waals surface area contributed by atoms with Crippen LogP contribution in [0.2, 0.25) is 0 Å². The number of carbonyl (C=O) groups is 2. The number of carboxylic acid groups (broad SMARTS) is 2. The molecule has 4 heteroatoms. The first kappa shape index (κ1) is 28.2. The molecule has 2 N–H and O–H groups in total. The second-order valence-electron chi connectivity index (χ2n) is 10.9. The molecule has 0 bridgehead atoms. The van der Waals surface area contributed by atoms with E-state index < -0.39 is 22.8 Å². The molecule has 0 aliphatic heterocycles. The number of aliphatic carboxylic acids is 2. The molecule has 32 heavy (non-hydrogen) atoms. The third kappa shape index (κ3) is 9.75. The van der Waals surface area contributed by atoms with Gasteiger partial charge in [-0.05, 0) is 96.8 Å². The number of hydrogen-bond acceptors (Lipinski definition) is 2. The lowest BCUT2D eigenvalue weighted by Crippen LogP contribution is -2.23. The number of hydrogen-bond donors (Lipinski definition) is 2. The maximum Gasteiger partial charge on any atom is 0.309 e. The highest BCUT2D eigenvalue weighted by Crippen LogP contribution is 2.26. The van der Waals surface area contributed by atoms with Crippen molar-refractivity contribution < 1.29 is 19.8 Å². The van der Waals surface area contributed by atoms with Crippen LogP contribution in [0.15, 0.2) is 12.1 Å². The van der Waals surface area contributed by atoms with Crippen LogP contribution in [-0.4, -0.2) is 22.2 Å². The van der Waals surface area contributed by atoms with Gasteiger partial charge in [-0.3, -0.25) is 9.59 Å². The van der Waals surface area contributed by atoms with Crippen molar-refractivity contribution in [2.24, 2.45) is 10.8 Å². The van der Waals surface area contributed by atoms with E-state index in [1.165, 1.54) is 22.3 Å². The minimum atomic E-state index is -0.704. The maximum atomic E-state index is 11.2. The van der Waals surface area contributed by atoms with E-state index in [2.05, 4.69) is 26.0 Å². The number of unbranched alkanes of at least 4 members (excludes halogenated alkanes) is 6. The van der Waals surface area contributed by atoms with E-state index in [-0.39, 0.29) is 0 Å². The Morgan fingerprint density at radius 2 is 1.00 bits per heavy atom. The molecular formula is C28H46O4. The van der Waals surface area contributed by atoms with Gasteiger partial charge < -0.3 is 10.2 Å². The molecule has 0 saturated heterocycles. The maximum absolute atomic E-state index is 11.2. The Balaban J connectivity index is 2.40. The quantitative estimate of drug-likeness (QED) is 0.258.